The fraction of sp³-hybridized carbons (Fsp3) is 0.650. The third kappa shape index (κ3) is 4.97. The van der Waals surface area contributed by atoms with Gasteiger partial charge in [-0.1, -0.05) is 44.2 Å². The van der Waals surface area contributed by atoms with Crippen LogP contribution in [0.3, 0.4) is 0 Å². The highest BCUT2D eigenvalue weighted by atomic mass is 16.2. The molecule has 2 rings (SSSR count). The van der Waals surface area contributed by atoms with Crippen molar-refractivity contribution in [2.24, 2.45) is 11.8 Å². The summed E-state index contributed by atoms with van der Waals surface area (Å²) < 4.78 is 0. The van der Waals surface area contributed by atoms with E-state index in [0.29, 0.717) is 11.8 Å². The van der Waals surface area contributed by atoms with Crippen LogP contribution in [0.5, 0.6) is 0 Å². The van der Waals surface area contributed by atoms with E-state index in [2.05, 4.69) is 54.4 Å². The molecule has 1 aromatic rings. The molecule has 1 aliphatic heterocycles. The summed E-state index contributed by atoms with van der Waals surface area (Å²) in [6.07, 6.45) is 0. The van der Waals surface area contributed by atoms with Crippen molar-refractivity contribution in [3.8, 4) is 0 Å². The predicted octanol–water partition coefficient (Wildman–Crippen LogP) is 3.58. The summed E-state index contributed by atoms with van der Waals surface area (Å²) in [7, 11) is 1.94. The molecule has 0 bridgehead atoms. The molecular formula is C20H33N3O. The number of nitrogens with zero attached hydrogens (tertiary/aromatic N) is 2. The van der Waals surface area contributed by atoms with Crippen molar-refractivity contribution in [3.05, 3.63) is 35.9 Å². The first-order chi connectivity index (χ1) is 11.2. The van der Waals surface area contributed by atoms with Crippen LogP contribution in [0.2, 0.25) is 0 Å². The lowest BCUT2D eigenvalue weighted by Gasteiger charge is -2.45. The number of hydrogen-bond acceptors (Lipinski definition) is 2. The molecule has 1 fully saturated rings. The van der Waals surface area contributed by atoms with Gasteiger partial charge in [-0.2, -0.15) is 0 Å². The molecule has 1 heterocycles. The Hall–Kier alpha value is -1.55. The van der Waals surface area contributed by atoms with Gasteiger partial charge in [0.15, 0.2) is 0 Å². The molecule has 4 nitrogen and oxygen atoms in total. The minimum Gasteiger partial charge on any atom is -0.333 e. The van der Waals surface area contributed by atoms with Crippen molar-refractivity contribution in [2.75, 3.05) is 20.1 Å². The Morgan fingerprint density at radius 2 is 1.71 bits per heavy atom. The van der Waals surface area contributed by atoms with Crippen LogP contribution >= 0.6 is 0 Å². The maximum Gasteiger partial charge on any atom is 0.317 e. The van der Waals surface area contributed by atoms with Crippen molar-refractivity contribution in [1.82, 2.24) is 15.1 Å². The fourth-order valence-corrected chi connectivity index (χ4v) is 3.94. The van der Waals surface area contributed by atoms with E-state index in [0.717, 1.165) is 19.6 Å². The predicted molar refractivity (Wildman–Crippen MR) is 99.9 cm³/mol. The second kappa shape index (κ2) is 7.56. The highest BCUT2D eigenvalue weighted by Gasteiger charge is 2.36. The van der Waals surface area contributed by atoms with Crippen LogP contribution in [0.25, 0.3) is 0 Å². The van der Waals surface area contributed by atoms with E-state index in [1.807, 2.05) is 32.7 Å². The number of rotatable bonds is 3. The SMILES string of the molecule is C[C@H]1CN(Cc2ccccc2)C[C@H](C)C1N(C)C(=O)NC(C)(C)C. The van der Waals surface area contributed by atoms with Crippen LogP contribution in [-0.4, -0.2) is 47.5 Å². The van der Waals surface area contributed by atoms with Crippen LogP contribution in [-0.2, 0) is 6.54 Å². The third-order valence-electron chi connectivity index (χ3n) is 4.76. The average Bonchev–Trinajstić information content (AvgIpc) is 2.45. The molecule has 1 aromatic carbocycles. The normalized spacial score (nSPS) is 23.1. The zero-order chi connectivity index (χ0) is 17.9. The third-order valence-corrected chi connectivity index (χ3v) is 4.76. The summed E-state index contributed by atoms with van der Waals surface area (Å²) >= 11 is 0. The Morgan fingerprint density at radius 3 is 2.21 bits per heavy atom. The minimum atomic E-state index is -0.203. The molecule has 24 heavy (non-hydrogen) atoms. The van der Waals surface area contributed by atoms with Crippen LogP contribution < -0.4 is 5.32 Å². The van der Waals surface area contributed by atoms with Crippen molar-refractivity contribution < 1.29 is 4.79 Å². The molecule has 134 valence electrons. The topological polar surface area (TPSA) is 35.6 Å². The first-order valence-corrected chi connectivity index (χ1v) is 8.98. The van der Waals surface area contributed by atoms with E-state index in [1.165, 1.54) is 5.56 Å². The maximum atomic E-state index is 12.5. The largest absolute Gasteiger partial charge is 0.333 e. The number of likely N-dealkylation sites (tertiary alicyclic amines) is 1. The minimum absolute atomic E-state index is 0.0303. The summed E-state index contributed by atoms with van der Waals surface area (Å²) in [4.78, 5) is 17.0. The molecule has 0 spiro atoms. The van der Waals surface area contributed by atoms with Crippen LogP contribution in [0.1, 0.15) is 40.2 Å². The molecule has 0 unspecified atom stereocenters. The highest BCUT2D eigenvalue weighted by Crippen LogP contribution is 2.27. The Kier molecular flexibility index (Phi) is 5.92. The zero-order valence-electron chi connectivity index (χ0n) is 16.0. The molecule has 0 aromatic heterocycles. The summed E-state index contributed by atoms with van der Waals surface area (Å²) in [5.41, 5.74) is 1.15. The number of carbonyl (C=O) groups excluding carboxylic acids is 1. The van der Waals surface area contributed by atoms with Crippen LogP contribution in [0, 0.1) is 11.8 Å². The summed E-state index contributed by atoms with van der Waals surface area (Å²) in [5.74, 6) is 0.904. The van der Waals surface area contributed by atoms with Crippen molar-refractivity contribution in [3.63, 3.8) is 0 Å². The Labute approximate surface area is 147 Å². The first-order valence-electron chi connectivity index (χ1n) is 8.98. The van der Waals surface area contributed by atoms with Crippen LogP contribution in [0.4, 0.5) is 4.79 Å². The van der Waals surface area contributed by atoms with E-state index < -0.39 is 0 Å². The van der Waals surface area contributed by atoms with Crippen molar-refractivity contribution in [1.29, 1.82) is 0 Å². The van der Waals surface area contributed by atoms with E-state index in [-0.39, 0.29) is 17.6 Å². The molecule has 1 saturated heterocycles. The highest BCUT2D eigenvalue weighted by molar-refractivity contribution is 5.75. The molecular weight excluding hydrogens is 298 g/mol. The molecule has 0 radical (unpaired) electrons. The summed E-state index contributed by atoms with van der Waals surface area (Å²) in [5, 5.41) is 3.08. The van der Waals surface area contributed by atoms with Gasteiger partial charge in [0.25, 0.3) is 0 Å². The quantitative estimate of drug-likeness (QED) is 0.919. The molecule has 0 aliphatic carbocycles. The monoisotopic (exact) mass is 331 g/mol. The van der Waals surface area contributed by atoms with Gasteiger partial charge in [-0.3, -0.25) is 4.90 Å². The van der Waals surface area contributed by atoms with Gasteiger partial charge in [0, 0.05) is 38.3 Å². The first kappa shape index (κ1) is 18.8. The van der Waals surface area contributed by atoms with E-state index in [9.17, 15) is 4.79 Å². The standard InChI is InChI=1S/C20H33N3O/c1-15-12-23(14-17-10-8-7-9-11-17)13-16(2)18(15)22(6)19(24)21-20(3,4)5/h7-11,15-16,18H,12-14H2,1-6H3,(H,21,24)/t15-,16-/m0/s1. The van der Waals surface area contributed by atoms with E-state index in [4.69, 9.17) is 0 Å². The molecule has 1 N–H and O–H groups in total. The van der Waals surface area contributed by atoms with Gasteiger partial charge in [0.1, 0.15) is 0 Å². The Bertz CT molecular complexity index is 526. The van der Waals surface area contributed by atoms with Gasteiger partial charge in [0.2, 0.25) is 0 Å². The van der Waals surface area contributed by atoms with Crippen molar-refractivity contribution >= 4 is 6.03 Å². The second-order valence-corrected chi connectivity index (χ2v) is 8.42. The average molecular weight is 332 g/mol. The van der Waals surface area contributed by atoms with E-state index in [1.54, 1.807) is 0 Å². The summed E-state index contributed by atoms with van der Waals surface area (Å²) in [6, 6.07) is 10.9. The lowest BCUT2D eigenvalue weighted by Crippen LogP contribution is -2.58. The Morgan fingerprint density at radius 1 is 1.17 bits per heavy atom. The maximum absolute atomic E-state index is 12.5. The Balaban J connectivity index is 1.99. The number of nitrogens with one attached hydrogen (secondary N) is 1. The molecule has 1 aliphatic rings. The molecule has 4 heteroatoms. The zero-order valence-corrected chi connectivity index (χ0v) is 16.0. The van der Waals surface area contributed by atoms with Crippen LogP contribution in [0.15, 0.2) is 30.3 Å². The van der Waals surface area contributed by atoms with Gasteiger partial charge in [0.05, 0.1) is 0 Å². The smallest absolute Gasteiger partial charge is 0.317 e. The molecule has 0 saturated carbocycles. The summed E-state index contributed by atoms with van der Waals surface area (Å²) in [6.45, 7) is 13.6. The van der Waals surface area contributed by atoms with Crippen molar-refractivity contribution in [2.45, 2.75) is 52.7 Å². The number of carbonyl (C=O) groups is 1. The van der Waals surface area contributed by atoms with Gasteiger partial charge in [-0.25, -0.2) is 4.79 Å². The van der Waals surface area contributed by atoms with E-state index >= 15 is 0 Å². The fourth-order valence-electron chi connectivity index (χ4n) is 3.94. The number of piperidine rings is 1. The number of urea groups is 1. The second-order valence-electron chi connectivity index (χ2n) is 8.42. The number of benzene rings is 1. The molecule has 2 amide bonds. The lowest BCUT2D eigenvalue weighted by atomic mass is 9.84. The number of amides is 2. The van der Waals surface area contributed by atoms with Gasteiger partial charge in [-0.15, -0.1) is 0 Å². The van der Waals surface area contributed by atoms with Gasteiger partial charge < -0.3 is 10.2 Å². The number of hydrogen-bond donors (Lipinski definition) is 1. The lowest BCUT2D eigenvalue weighted by molar-refractivity contribution is 0.0466. The molecule has 2 atom stereocenters. The van der Waals surface area contributed by atoms with Gasteiger partial charge >= 0.3 is 6.03 Å². The van der Waals surface area contributed by atoms with Gasteiger partial charge in [-0.05, 0) is 38.2 Å².